The number of ether oxygens (including phenoxy) is 1. The van der Waals surface area contributed by atoms with Crippen molar-refractivity contribution in [1.29, 1.82) is 0 Å². The summed E-state index contributed by atoms with van der Waals surface area (Å²) in [5.74, 6) is -0.997. The zero-order valence-corrected chi connectivity index (χ0v) is 8.51. The summed E-state index contributed by atoms with van der Waals surface area (Å²) in [6.07, 6.45) is 0. The second kappa shape index (κ2) is 3.43. The molecule has 72 valence electrons. The van der Waals surface area contributed by atoms with Crippen molar-refractivity contribution in [3.63, 3.8) is 0 Å². The summed E-state index contributed by atoms with van der Waals surface area (Å²) in [4.78, 5) is 14.5. The summed E-state index contributed by atoms with van der Waals surface area (Å²) in [6, 6.07) is 0. The number of hydrogen-bond donors (Lipinski definition) is 1. The summed E-state index contributed by atoms with van der Waals surface area (Å²) in [5, 5.41) is 10.4. The lowest BCUT2D eigenvalue weighted by atomic mass is 10.1. The molecule has 0 saturated heterocycles. The fraction of sp³-hybridized carbons (Fsp3) is 0.500. The van der Waals surface area contributed by atoms with Crippen molar-refractivity contribution in [3.05, 3.63) is 16.1 Å². The molecule has 0 saturated carbocycles. The number of carboxylic acids is 1. The normalized spacial score (nSPS) is 11.6. The SMILES string of the molecule is COC(C)(C)c1csc(C(=O)O)n1. The molecule has 1 aromatic heterocycles. The van der Waals surface area contributed by atoms with Crippen LogP contribution in [-0.4, -0.2) is 23.2 Å². The molecule has 0 fully saturated rings. The molecular weight excluding hydrogens is 190 g/mol. The predicted molar refractivity (Wildman–Crippen MR) is 49.1 cm³/mol. The van der Waals surface area contributed by atoms with Gasteiger partial charge in [-0.25, -0.2) is 9.78 Å². The first-order chi connectivity index (χ1) is 5.97. The molecule has 0 aromatic carbocycles. The van der Waals surface area contributed by atoms with Crippen LogP contribution in [0.4, 0.5) is 0 Å². The quantitative estimate of drug-likeness (QED) is 0.809. The Kier molecular flexibility index (Phi) is 2.68. The van der Waals surface area contributed by atoms with Crippen LogP contribution in [0.3, 0.4) is 0 Å². The Morgan fingerprint density at radius 1 is 1.69 bits per heavy atom. The van der Waals surface area contributed by atoms with Crippen molar-refractivity contribution in [2.24, 2.45) is 0 Å². The topological polar surface area (TPSA) is 59.4 Å². The molecule has 1 heterocycles. The van der Waals surface area contributed by atoms with Gasteiger partial charge in [-0.1, -0.05) is 0 Å². The Morgan fingerprint density at radius 3 is 2.69 bits per heavy atom. The Balaban J connectivity index is 2.98. The predicted octanol–water partition coefficient (Wildman–Crippen LogP) is 1.72. The van der Waals surface area contributed by atoms with Crippen LogP contribution in [0.1, 0.15) is 29.3 Å². The summed E-state index contributed by atoms with van der Waals surface area (Å²) in [6.45, 7) is 3.68. The molecule has 13 heavy (non-hydrogen) atoms. The van der Waals surface area contributed by atoms with Gasteiger partial charge >= 0.3 is 5.97 Å². The third-order valence-electron chi connectivity index (χ3n) is 1.81. The van der Waals surface area contributed by atoms with E-state index in [-0.39, 0.29) is 5.01 Å². The van der Waals surface area contributed by atoms with Gasteiger partial charge in [0.15, 0.2) is 0 Å². The number of rotatable bonds is 3. The van der Waals surface area contributed by atoms with E-state index in [1.165, 1.54) is 0 Å². The lowest BCUT2D eigenvalue weighted by Crippen LogP contribution is -2.20. The van der Waals surface area contributed by atoms with Crippen molar-refractivity contribution >= 4 is 17.3 Å². The van der Waals surface area contributed by atoms with Crippen LogP contribution in [0.15, 0.2) is 5.38 Å². The molecule has 0 spiro atoms. The average molecular weight is 201 g/mol. The van der Waals surface area contributed by atoms with Gasteiger partial charge in [-0.15, -0.1) is 11.3 Å². The molecule has 1 rings (SSSR count). The van der Waals surface area contributed by atoms with Gasteiger partial charge in [-0.2, -0.15) is 0 Å². The maximum Gasteiger partial charge on any atom is 0.365 e. The highest BCUT2D eigenvalue weighted by Gasteiger charge is 2.24. The minimum atomic E-state index is -0.997. The summed E-state index contributed by atoms with van der Waals surface area (Å²) < 4.78 is 5.17. The average Bonchev–Trinajstić information content (AvgIpc) is 2.52. The van der Waals surface area contributed by atoms with Crippen LogP contribution in [0.25, 0.3) is 0 Å². The van der Waals surface area contributed by atoms with Crippen molar-refractivity contribution in [2.45, 2.75) is 19.4 Å². The maximum absolute atomic E-state index is 10.5. The fourth-order valence-electron chi connectivity index (χ4n) is 0.753. The summed E-state index contributed by atoms with van der Waals surface area (Å²) >= 11 is 1.11. The van der Waals surface area contributed by atoms with Gasteiger partial charge in [-0.3, -0.25) is 0 Å². The Hall–Kier alpha value is -0.940. The first-order valence-corrected chi connectivity index (χ1v) is 4.60. The number of thiazole rings is 1. The molecule has 4 nitrogen and oxygen atoms in total. The number of carboxylic acid groups (broad SMARTS) is 1. The highest BCUT2D eigenvalue weighted by Crippen LogP contribution is 2.24. The molecule has 1 aromatic rings. The van der Waals surface area contributed by atoms with Gasteiger partial charge in [0, 0.05) is 12.5 Å². The second-order valence-corrected chi connectivity index (χ2v) is 3.92. The van der Waals surface area contributed by atoms with Crippen molar-refractivity contribution in [1.82, 2.24) is 4.98 Å². The van der Waals surface area contributed by atoms with Gasteiger partial charge in [0.2, 0.25) is 5.01 Å². The van der Waals surface area contributed by atoms with Crippen LogP contribution < -0.4 is 0 Å². The summed E-state index contributed by atoms with van der Waals surface area (Å²) in [7, 11) is 1.57. The standard InChI is InChI=1S/C8H11NO3S/c1-8(2,12-3)5-4-13-6(9-5)7(10)11/h4H,1-3H3,(H,10,11). The van der Waals surface area contributed by atoms with Crippen LogP contribution in [0.2, 0.25) is 0 Å². The Bertz CT molecular complexity index is 319. The number of carbonyl (C=O) groups is 1. The second-order valence-electron chi connectivity index (χ2n) is 3.06. The van der Waals surface area contributed by atoms with Crippen LogP contribution in [-0.2, 0) is 10.3 Å². The van der Waals surface area contributed by atoms with E-state index in [0.717, 1.165) is 11.3 Å². The number of methoxy groups -OCH3 is 1. The van der Waals surface area contributed by atoms with E-state index in [1.54, 1.807) is 12.5 Å². The molecule has 0 atom stereocenters. The zero-order chi connectivity index (χ0) is 10.1. The Labute approximate surface area is 80.2 Å². The molecule has 5 heteroatoms. The number of hydrogen-bond acceptors (Lipinski definition) is 4. The molecule has 0 amide bonds. The number of aromatic nitrogens is 1. The van der Waals surface area contributed by atoms with Gasteiger partial charge < -0.3 is 9.84 Å². The summed E-state index contributed by atoms with van der Waals surface area (Å²) in [5.41, 5.74) is 0.127. The molecule has 0 aliphatic rings. The third-order valence-corrected chi connectivity index (χ3v) is 2.64. The van der Waals surface area contributed by atoms with Gasteiger partial charge in [0.25, 0.3) is 0 Å². The van der Waals surface area contributed by atoms with E-state index < -0.39 is 11.6 Å². The minimum absolute atomic E-state index is 0.0973. The van der Waals surface area contributed by atoms with E-state index in [9.17, 15) is 4.79 Å². The highest BCUT2D eigenvalue weighted by molar-refractivity contribution is 7.11. The minimum Gasteiger partial charge on any atom is -0.476 e. The van der Waals surface area contributed by atoms with Gasteiger partial charge in [0.1, 0.15) is 5.60 Å². The molecule has 1 N–H and O–H groups in total. The van der Waals surface area contributed by atoms with E-state index in [4.69, 9.17) is 9.84 Å². The fourth-order valence-corrected chi connectivity index (χ4v) is 1.56. The van der Waals surface area contributed by atoms with Crippen LogP contribution in [0.5, 0.6) is 0 Å². The monoisotopic (exact) mass is 201 g/mol. The highest BCUT2D eigenvalue weighted by atomic mass is 32.1. The molecule has 0 unspecified atom stereocenters. The lowest BCUT2D eigenvalue weighted by Gasteiger charge is -2.19. The molecule has 0 radical (unpaired) electrons. The smallest absolute Gasteiger partial charge is 0.365 e. The van der Waals surface area contributed by atoms with Crippen molar-refractivity contribution < 1.29 is 14.6 Å². The van der Waals surface area contributed by atoms with E-state index >= 15 is 0 Å². The molecule has 0 aliphatic carbocycles. The van der Waals surface area contributed by atoms with Crippen LogP contribution in [0, 0.1) is 0 Å². The van der Waals surface area contributed by atoms with Crippen molar-refractivity contribution in [3.8, 4) is 0 Å². The largest absolute Gasteiger partial charge is 0.476 e. The number of nitrogens with zero attached hydrogens (tertiary/aromatic N) is 1. The van der Waals surface area contributed by atoms with Crippen LogP contribution >= 0.6 is 11.3 Å². The third kappa shape index (κ3) is 2.05. The Morgan fingerprint density at radius 2 is 2.31 bits per heavy atom. The van der Waals surface area contributed by atoms with E-state index in [2.05, 4.69) is 4.98 Å². The van der Waals surface area contributed by atoms with Gasteiger partial charge in [-0.05, 0) is 13.8 Å². The van der Waals surface area contributed by atoms with Crippen molar-refractivity contribution in [2.75, 3.05) is 7.11 Å². The van der Waals surface area contributed by atoms with Gasteiger partial charge in [0.05, 0.1) is 5.69 Å². The first kappa shape index (κ1) is 10.1. The molecule has 0 bridgehead atoms. The first-order valence-electron chi connectivity index (χ1n) is 3.72. The molecular formula is C8H11NO3S. The van der Waals surface area contributed by atoms with E-state index in [0.29, 0.717) is 5.69 Å². The maximum atomic E-state index is 10.5. The lowest BCUT2D eigenvalue weighted by molar-refractivity contribution is 0.0158. The zero-order valence-electron chi connectivity index (χ0n) is 7.70. The molecule has 0 aliphatic heterocycles. The number of aromatic carboxylic acids is 1. The van der Waals surface area contributed by atoms with E-state index in [1.807, 2.05) is 13.8 Å².